The topological polar surface area (TPSA) is 51.0 Å². The van der Waals surface area contributed by atoms with E-state index in [1.54, 1.807) is 0 Å². The predicted octanol–water partition coefficient (Wildman–Crippen LogP) is 3.63. The molecule has 2 aliphatic carbocycles. The minimum Gasteiger partial charge on any atom is -0.333 e. The lowest BCUT2D eigenvalue weighted by Gasteiger charge is -2.36. The van der Waals surface area contributed by atoms with Crippen molar-refractivity contribution >= 4 is 16.9 Å². The van der Waals surface area contributed by atoms with E-state index in [4.69, 9.17) is 0 Å². The summed E-state index contributed by atoms with van der Waals surface area (Å²) >= 11 is 0. The van der Waals surface area contributed by atoms with Crippen molar-refractivity contribution in [3.05, 3.63) is 23.8 Å². The summed E-state index contributed by atoms with van der Waals surface area (Å²) in [5, 5.41) is 8.36. The number of aromatic nitrogens is 3. The lowest BCUT2D eigenvalue weighted by molar-refractivity contribution is 0.0593. The van der Waals surface area contributed by atoms with E-state index in [-0.39, 0.29) is 5.91 Å². The SMILES string of the molecule is CCn1nnc2cc(C(=O)N(C3CCC(C)CC3)C3CC3)ccc21. The van der Waals surface area contributed by atoms with Crippen molar-refractivity contribution in [3.63, 3.8) is 0 Å². The molecule has 0 bridgehead atoms. The molecule has 2 fully saturated rings. The first-order valence-electron chi connectivity index (χ1n) is 9.33. The van der Waals surface area contributed by atoms with Gasteiger partial charge in [-0.3, -0.25) is 4.79 Å². The summed E-state index contributed by atoms with van der Waals surface area (Å²) in [6.45, 7) is 5.16. The van der Waals surface area contributed by atoms with Crippen molar-refractivity contribution in [1.29, 1.82) is 0 Å². The number of nitrogens with zero attached hydrogens (tertiary/aromatic N) is 4. The summed E-state index contributed by atoms with van der Waals surface area (Å²) in [4.78, 5) is 15.4. The minimum atomic E-state index is 0.185. The quantitative estimate of drug-likeness (QED) is 0.862. The van der Waals surface area contributed by atoms with Gasteiger partial charge in [0, 0.05) is 24.2 Å². The van der Waals surface area contributed by atoms with Gasteiger partial charge >= 0.3 is 0 Å². The third kappa shape index (κ3) is 2.80. The fourth-order valence-electron chi connectivity index (χ4n) is 3.99. The third-order valence-electron chi connectivity index (χ3n) is 5.61. The highest BCUT2D eigenvalue weighted by Gasteiger charge is 2.38. The number of benzene rings is 1. The van der Waals surface area contributed by atoms with Gasteiger partial charge in [0.1, 0.15) is 5.52 Å². The number of carbonyl (C=O) groups excluding carboxylic acids is 1. The first kappa shape index (κ1) is 15.6. The van der Waals surface area contributed by atoms with Crippen LogP contribution in [-0.4, -0.2) is 37.9 Å². The molecule has 0 aliphatic heterocycles. The van der Waals surface area contributed by atoms with Crippen LogP contribution >= 0.6 is 0 Å². The molecule has 0 saturated heterocycles. The van der Waals surface area contributed by atoms with Crippen LogP contribution in [0, 0.1) is 5.92 Å². The van der Waals surface area contributed by atoms with Crippen molar-refractivity contribution in [1.82, 2.24) is 19.9 Å². The molecule has 1 amide bonds. The Labute approximate surface area is 143 Å². The summed E-state index contributed by atoms with van der Waals surface area (Å²) < 4.78 is 1.87. The van der Waals surface area contributed by atoms with Crippen LogP contribution in [0.2, 0.25) is 0 Å². The van der Waals surface area contributed by atoms with E-state index < -0.39 is 0 Å². The van der Waals surface area contributed by atoms with Gasteiger partial charge in [-0.05, 0) is 69.6 Å². The normalized spacial score (nSPS) is 24.2. The second kappa shape index (κ2) is 6.19. The monoisotopic (exact) mass is 326 g/mol. The van der Waals surface area contributed by atoms with Gasteiger partial charge in [0.15, 0.2) is 0 Å². The van der Waals surface area contributed by atoms with Crippen LogP contribution in [0.4, 0.5) is 0 Å². The molecule has 1 aromatic heterocycles. The average molecular weight is 326 g/mol. The summed E-state index contributed by atoms with van der Waals surface area (Å²) in [7, 11) is 0. The maximum atomic E-state index is 13.2. The van der Waals surface area contributed by atoms with Crippen LogP contribution in [0.25, 0.3) is 11.0 Å². The zero-order valence-electron chi connectivity index (χ0n) is 14.6. The Hall–Kier alpha value is -1.91. The molecule has 1 aromatic carbocycles. The van der Waals surface area contributed by atoms with Crippen LogP contribution in [0.3, 0.4) is 0 Å². The second-order valence-corrected chi connectivity index (χ2v) is 7.47. The zero-order valence-corrected chi connectivity index (χ0v) is 14.6. The van der Waals surface area contributed by atoms with Crippen molar-refractivity contribution in [2.75, 3.05) is 0 Å². The maximum Gasteiger partial charge on any atom is 0.254 e. The summed E-state index contributed by atoms with van der Waals surface area (Å²) in [6, 6.07) is 6.72. The number of amides is 1. The lowest BCUT2D eigenvalue weighted by atomic mass is 9.86. The Kier molecular flexibility index (Phi) is 4.02. The molecular formula is C19H26N4O. The van der Waals surface area contributed by atoms with E-state index in [9.17, 15) is 4.79 Å². The highest BCUT2D eigenvalue weighted by molar-refractivity contribution is 5.97. The largest absolute Gasteiger partial charge is 0.333 e. The van der Waals surface area contributed by atoms with Crippen molar-refractivity contribution in [3.8, 4) is 0 Å². The fraction of sp³-hybridized carbons (Fsp3) is 0.632. The van der Waals surface area contributed by atoms with Crippen LogP contribution in [0.1, 0.15) is 62.7 Å². The standard InChI is InChI=1S/C19H26N4O/c1-3-22-18-11-6-14(12-17(18)20-21-22)19(24)23(16-9-10-16)15-7-4-13(2)5-8-15/h6,11-13,15-16H,3-5,7-10H2,1-2H3. The second-order valence-electron chi connectivity index (χ2n) is 7.47. The van der Waals surface area contributed by atoms with Crippen molar-refractivity contribution < 1.29 is 4.79 Å². The molecule has 2 aliphatic rings. The van der Waals surface area contributed by atoms with Gasteiger partial charge in [0.25, 0.3) is 5.91 Å². The number of fused-ring (bicyclic) bond motifs is 1. The first-order valence-corrected chi connectivity index (χ1v) is 9.33. The zero-order chi connectivity index (χ0) is 16.7. The van der Waals surface area contributed by atoms with E-state index in [1.807, 2.05) is 29.8 Å². The average Bonchev–Trinajstić information content (AvgIpc) is 3.34. The molecule has 24 heavy (non-hydrogen) atoms. The highest BCUT2D eigenvalue weighted by Crippen LogP contribution is 2.36. The first-order chi connectivity index (χ1) is 11.7. The molecule has 128 valence electrons. The smallest absolute Gasteiger partial charge is 0.254 e. The minimum absolute atomic E-state index is 0.185. The lowest BCUT2D eigenvalue weighted by Crippen LogP contribution is -2.43. The molecule has 4 rings (SSSR count). The fourth-order valence-corrected chi connectivity index (χ4v) is 3.99. The van der Waals surface area contributed by atoms with Crippen LogP contribution < -0.4 is 0 Å². The summed E-state index contributed by atoms with van der Waals surface area (Å²) in [5.74, 6) is 0.989. The molecule has 0 atom stereocenters. The molecular weight excluding hydrogens is 300 g/mol. The Balaban J connectivity index is 1.60. The van der Waals surface area contributed by atoms with E-state index in [1.165, 1.54) is 12.8 Å². The van der Waals surface area contributed by atoms with E-state index in [0.717, 1.165) is 54.7 Å². The molecule has 0 unspecified atom stereocenters. The van der Waals surface area contributed by atoms with Gasteiger partial charge in [-0.1, -0.05) is 12.1 Å². The molecule has 0 spiro atoms. The van der Waals surface area contributed by atoms with Crippen LogP contribution in [0.15, 0.2) is 18.2 Å². The number of hydrogen-bond donors (Lipinski definition) is 0. The molecule has 5 nitrogen and oxygen atoms in total. The summed E-state index contributed by atoms with van der Waals surface area (Å²) in [6.07, 6.45) is 7.10. The molecule has 0 radical (unpaired) electrons. The van der Waals surface area contributed by atoms with Gasteiger partial charge in [0.05, 0.1) is 5.52 Å². The third-order valence-corrected chi connectivity index (χ3v) is 5.61. The van der Waals surface area contributed by atoms with E-state index in [0.29, 0.717) is 12.1 Å². The summed E-state index contributed by atoms with van der Waals surface area (Å²) in [5.41, 5.74) is 2.57. The Morgan fingerprint density at radius 2 is 1.83 bits per heavy atom. The van der Waals surface area contributed by atoms with Crippen molar-refractivity contribution in [2.24, 2.45) is 5.92 Å². The molecule has 1 heterocycles. The van der Waals surface area contributed by atoms with Crippen LogP contribution in [0.5, 0.6) is 0 Å². The Bertz CT molecular complexity index is 741. The van der Waals surface area contributed by atoms with Gasteiger partial charge in [0.2, 0.25) is 0 Å². The Morgan fingerprint density at radius 3 is 2.46 bits per heavy atom. The number of aryl methyl sites for hydroxylation is 1. The molecule has 2 aromatic rings. The van der Waals surface area contributed by atoms with E-state index >= 15 is 0 Å². The number of carbonyl (C=O) groups is 1. The van der Waals surface area contributed by atoms with Gasteiger partial charge in [-0.15, -0.1) is 5.10 Å². The number of hydrogen-bond acceptors (Lipinski definition) is 3. The number of rotatable bonds is 4. The maximum absolute atomic E-state index is 13.2. The molecule has 0 N–H and O–H groups in total. The molecule has 5 heteroatoms. The predicted molar refractivity (Wildman–Crippen MR) is 93.8 cm³/mol. The van der Waals surface area contributed by atoms with Gasteiger partial charge in [-0.25, -0.2) is 4.68 Å². The van der Waals surface area contributed by atoms with Crippen LogP contribution in [-0.2, 0) is 6.54 Å². The molecule has 2 saturated carbocycles. The Morgan fingerprint density at radius 1 is 1.17 bits per heavy atom. The van der Waals surface area contributed by atoms with Gasteiger partial charge in [-0.2, -0.15) is 0 Å². The van der Waals surface area contributed by atoms with Crippen molar-refractivity contribution in [2.45, 2.75) is 71.0 Å². The highest BCUT2D eigenvalue weighted by atomic mass is 16.2. The van der Waals surface area contributed by atoms with Gasteiger partial charge < -0.3 is 4.90 Å². The van der Waals surface area contributed by atoms with E-state index in [2.05, 4.69) is 22.1 Å².